The van der Waals surface area contributed by atoms with Crippen molar-refractivity contribution in [3.8, 4) is 0 Å². The Morgan fingerprint density at radius 3 is 2.65 bits per heavy atom. The van der Waals surface area contributed by atoms with Crippen LogP contribution in [0, 0.1) is 0 Å². The molecule has 0 spiro atoms. The Bertz CT molecular complexity index is 330. The monoisotopic (exact) mass is 282 g/mol. The molecule has 2 unspecified atom stereocenters. The summed E-state index contributed by atoms with van der Waals surface area (Å²) >= 11 is 0. The molecule has 2 aliphatic rings. The van der Waals surface area contributed by atoms with Crippen molar-refractivity contribution in [3.05, 3.63) is 0 Å². The van der Waals surface area contributed by atoms with E-state index in [0.29, 0.717) is 12.1 Å². The van der Waals surface area contributed by atoms with Gasteiger partial charge in [-0.1, -0.05) is 6.42 Å². The standard InChI is InChI=1S/C16H30N2O2/c1-13-7-3-5-11-18(13)12-6-4-10-16(2,15(19)20)17-14-8-9-14/h13-14,17H,3-12H2,1-2H3,(H,19,20). The highest BCUT2D eigenvalue weighted by atomic mass is 16.4. The molecule has 0 radical (unpaired) electrons. The molecule has 2 rings (SSSR count). The molecule has 0 bridgehead atoms. The first-order valence-electron chi connectivity index (χ1n) is 8.26. The fourth-order valence-electron chi connectivity index (χ4n) is 3.20. The fourth-order valence-corrected chi connectivity index (χ4v) is 3.20. The van der Waals surface area contributed by atoms with E-state index in [4.69, 9.17) is 0 Å². The smallest absolute Gasteiger partial charge is 0.323 e. The molecule has 0 aromatic carbocycles. The maximum absolute atomic E-state index is 11.5. The summed E-state index contributed by atoms with van der Waals surface area (Å²) < 4.78 is 0. The van der Waals surface area contributed by atoms with Crippen molar-refractivity contribution in [2.75, 3.05) is 13.1 Å². The number of carboxylic acid groups (broad SMARTS) is 1. The minimum Gasteiger partial charge on any atom is -0.480 e. The van der Waals surface area contributed by atoms with Crippen molar-refractivity contribution >= 4 is 5.97 Å². The van der Waals surface area contributed by atoms with Crippen LogP contribution >= 0.6 is 0 Å². The largest absolute Gasteiger partial charge is 0.480 e. The first kappa shape index (κ1) is 15.8. The molecule has 2 N–H and O–H groups in total. The summed E-state index contributed by atoms with van der Waals surface area (Å²) in [6.45, 7) is 6.50. The van der Waals surface area contributed by atoms with Gasteiger partial charge in [0, 0.05) is 12.1 Å². The number of unbranched alkanes of at least 4 members (excludes halogenated alkanes) is 1. The maximum Gasteiger partial charge on any atom is 0.323 e. The Balaban J connectivity index is 1.68. The summed E-state index contributed by atoms with van der Waals surface area (Å²) in [4.78, 5) is 14.0. The van der Waals surface area contributed by atoms with E-state index in [-0.39, 0.29) is 0 Å². The molecule has 116 valence electrons. The van der Waals surface area contributed by atoms with Gasteiger partial charge in [-0.15, -0.1) is 0 Å². The quantitative estimate of drug-likeness (QED) is 0.672. The molecule has 2 fully saturated rings. The third-order valence-electron chi connectivity index (χ3n) is 4.88. The molecule has 1 saturated carbocycles. The third-order valence-corrected chi connectivity index (χ3v) is 4.88. The van der Waals surface area contributed by atoms with Gasteiger partial charge in [-0.3, -0.25) is 10.1 Å². The van der Waals surface area contributed by atoms with Crippen molar-refractivity contribution in [2.45, 2.75) is 82.8 Å². The molecule has 2 atom stereocenters. The van der Waals surface area contributed by atoms with Crippen molar-refractivity contribution in [1.82, 2.24) is 10.2 Å². The Labute approximate surface area is 122 Å². The van der Waals surface area contributed by atoms with Crippen molar-refractivity contribution < 1.29 is 9.90 Å². The van der Waals surface area contributed by atoms with Crippen molar-refractivity contribution in [1.29, 1.82) is 0 Å². The van der Waals surface area contributed by atoms with E-state index in [2.05, 4.69) is 17.1 Å². The van der Waals surface area contributed by atoms with Gasteiger partial charge < -0.3 is 10.0 Å². The molecule has 4 heteroatoms. The minimum atomic E-state index is -0.727. The lowest BCUT2D eigenvalue weighted by Gasteiger charge is -2.33. The van der Waals surface area contributed by atoms with Crippen LogP contribution in [-0.4, -0.2) is 46.7 Å². The number of aliphatic carboxylic acids is 1. The number of rotatable bonds is 8. The van der Waals surface area contributed by atoms with Gasteiger partial charge in [0.2, 0.25) is 0 Å². The van der Waals surface area contributed by atoms with Gasteiger partial charge >= 0.3 is 5.97 Å². The third kappa shape index (κ3) is 4.45. The molecule has 1 aliphatic carbocycles. The molecule has 0 aromatic heterocycles. The average molecular weight is 282 g/mol. The summed E-state index contributed by atoms with van der Waals surface area (Å²) in [5, 5.41) is 12.7. The Hall–Kier alpha value is -0.610. The second kappa shape index (κ2) is 6.90. The van der Waals surface area contributed by atoms with E-state index in [1.807, 2.05) is 6.92 Å². The van der Waals surface area contributed by atoms with Crippen LogP contribution in [0.25, 0.3) is 0 Å². The SMILES string of the molecule is CC1CCCCN1CCCCC(C)(NC1CC1)C(=O)O. The van der Waals surface area contributed by atoms with Gasteiger partial charge in [0.1, 0.15) is 5.54 Å². The lowest BCUT2D eigenvalue weighted by molar-refractivity contribution is -0.144. The number of nitrogens with zero attached hydrogens (tertiary/aromatic N) is 1. The van der Waals surface area contributed by atoms with E-state index in [0.717, 1.165) is 38.6 Å². The lowest BCUT2D eigenvalue weighted by Crippen LogP contribution is -2.50. The van der Waals surface area contributed by atoms with Crippen LogP contribution in [0.1, 0.15) is 65.2 Å². The van der Waals surface area contributed by atoms with Gasteiger partial charge in [0.05, 0.1) is 0 Å². The number of nitrogens with one attached hydrogen (secondary N) is 1. The van der Waals surface area contributed by atoms with Crippen molar-refractivity contribution in [3.63, 3.8) is 0 Å². The highest BCUT2D eigenvalue weighted by Gasteiger charge is 2.37. The fraction of sp³-hybridized carbons (Fsp3) is 0.938. The predicted molar refractivity (Wildman–Crippen MR) is 80.9 cm³/mol. The van der Waals surface area contributed by atoms with E-state index in [9.17, 15) is 9.90 Å². The van der Waals surface area contributed by atoms with Gasteiger partial charge in [0.15, 0.2) is 0 Å². The summed E-state index contributed by atoms with van der Waals surface area (Å²) in [6, 6.07) is 1.15. The Kier molecular flexibility index (Phi) is 5.44. The Morgan fingerprint density at radius 2 is 2.05 bits per heavy atom. The zero-order valence-corrected chi connectivity index (χ0v) is 13.0. The molecule has 1 aliphatic heterocycles. The molecule has 0 aromatic rings. The number of carboxylic acids is 1. The summed E-state index contributed by atoms with van der Waals surface area (Å²) in [6.07, 6.45) is 9.10. The first-order valence-corrected chi connectivity index (χ1v) is 8.26. The van der Waals surface area contributed by atoms with Crippen LogP contribution in [0.15, 0.2) is 0 Å². The van der Waals surface area contributed by atoms with Gasteiger partial charge in [-0.05, 0) is 71.9 Å². The number of hydrogen-bond donors (Lipinski definition) is 2. The first-order chi connectivity index (χ1) is 9.51. The van der Waals surface area contributed by atoms with Crippen LogP contribution in [0.3, 0.4) is 0 Å². The topological polar surface area (TPSA) is 52.6 Å². The van der Waals surface area contributed by atoms with Gasteiger partial charge in [0.25, 0.3) is 0 Å². The van der Waals surface area contributed by atoms with Gasteiger partial charge in [-0.2, -0.15) is 0 Å². The lowest BCUT2D eigenvalue weighted by atomic mass is 9.94. The number of hydrogen-bond acceptors (Lipinski definition) is 3. The maximum atomic E-state index is 11.5. The van der Waals surface area contributed by atoms with Crippen LogP contribution < -0.4 is 5.32 Å². The minimum absolute atomic E-state index is 0.443. The number of likely N-dealkylation sites (tertiary alicyclic amines) is 1. The highest BCUT2D eigenvalue weighted by Crippen LogP contribution is 2.25. The van der Waals surface area contributed by atoms with Crippen LogP contribution in [0.5, 0.6) is 0 Å². The molecule has 1 heterocycles. The molecule has 4 nitrogen and oxygen atoms in total. The van der Waals surface area contributed by atoms with Crippen LogP contribution in [-0.2, 0) is 4.79 Å². The van der Waals surface area contributed by atoms with E-state index >= 15 is 0 Å². The summed E-state index contributed by atoms with van der Waals surface area (Å²) in [5.74, 6) is -0.698. The molecular weight excluding hydrogens is 252 g/mol. The summed E-state index contributed by atoms with van der Waals surface area (Å²) in [7, 11) is 0. The molecule has 20 heavy (non-hydrogen) atoms. The second-order valence-electron chi connectivity index (χ2n) is 6.89. The number of carbonyl (C=O) groups is 1. The van der Waals surface area contributed by atoms with E-state index in [1.54, 1.807) is 0 Å². The van der Waals surface area contributed by atoms with Crippen LogP contribution in [0.2, 0.25) is 0 Å². The molecular formula is C16H30N2O2. The second-order valence-corrected chi connectivity index (χ2v) is 6.89. The molecule has 0 amide bonds. The normalized spacial score (nSPS) is 27.2. The van der Waals surface area contributed by atoms with Gasteiger partial charge in [-0.25, -0.2) is 0 Å². The number of piperidine rings is 1. The van der Waals surface area contributed by atoms with Crippen molar-refractivity contribution in [2.24, 2.45) is 0 Å². The molecule has 1 saturated heterocycles. The highest BCUT2D eigenvalue weighted by molar-refractivity contribution is 5.78. The zero-order chi connectivity index (χ0) is 14.6. The zero-order valence-electron chi connectivity index (χ0n) is 13.0. The van der Waals surface area contributed by atoms with Crippen LogP contribution in [0.4, 0.5) is 0 Å². The Morgan fingerprint density at radius 1 is 1.30 bits per heavy atom. The van der Waals surface area contributed by atoms with E-state index < -0.39 is 11.5 Å². The average Bonchev–Trinajstić information content (AvgIpc) is 3.20. The summed E-state index contributed by atoms with van der Waals surface area (Å²) in [5.41, 5.74) is -0.727. The predicted octanol–water partition coefficient (Wildman–Crippen LogP) is 2.63. The van der Waals surface area contributed by atoms with E-state index in [1.165, 1.54) is 25.8 Å².